The van der Waals surface area contributed by atoms with E-state index < -0.39 is 0 Å². The van der Waals surface area contributed by atoms with Crippen LogP contribution in [-0.4, -0.2) is 33.9 Å². The zero-order valence-electron chi connectivity index (χ0n) is 10.5. The number of nitro benzene ring substituents is 1. The molecule has 4 nitrogen and oxygen atoms in total. The van der Waals surface area contributed by atoms with E-state index in [2.05, 4.69) is 11.8 Å². The maximum absolute atomic E-state index is 11.0. The second kappa shape index (κ2) is 6.20. The number of hydrogen-bond donors (Lipinski definition) is 0. The zero-order valence-corrected chi connectivity index (χ0v) is 11.4. The van der Waals surface area contributed by atoms with Crippen LogP contribution in [0.4, 0.5) is 5.69 Å². The number of nitro groups is 1. The first kappa shape index (κ1) is 13.4. The van der Waals surface area contributed by atoms with E-state index in [0.717, 1.165) is 30.8 Å². The third kappa shape index (κ3) is 3.46. The Morgan fingerprint density at radius 2 is 2.22 bits per heavy atom. The van der Waals surface area contributed by atoms with Crippen molar-refractivity contribution in [3.05, 3.63) is 39.9 Å². The minimum Gasteiger partial charge on any atom is -0.298 e. The summed E-state index contributed by atoms with van der Waals surface area (Å²) < 4.78 is 0. The maximum atomic E-state index is 11.0. The van der Waals surface area contributed by atoms with Crippen molar-refractivity contribution in [3.8, 4) is 0 Å². The standard InChI is InChI=1S/C13H18N2O2S/c1-11-6-7-14(8-9-18-11)10-12-4-2-3-5-13(12)15(16)17/h2-5,11H,6-10H2,1H3/t11-/m0/s1. The molecule has 0 spiro atoms. The van der Waals surface area contributed by atoms with Crippen molar-refractivity contribution >= 4 is 17.4 Å². The molecule has 1 aromatic carbocycles. The number of para-hydroxylation sites is 1. The lowest BCUT2D eigenvalue weighted by molar-refractivity contribution is -0.385. The Kier molecular flexibility index (Phi) is 4.60. The van der Waals surface area contributed by atoms with Gasteiger partial charge in [0, 0.05) is 35.7 Å². The highest BCUT2D eigenvalue weighted by atomic mass is 32.2. The lowest BCUT2D eigenvalue weighted by Gasteiger charge is -2.19. The van der Waals surface area contributed by atoms with Crippen molar-refractivity contribution in [1.82, 2.24) is 4.90 Å². The van der Waals surface area contributed by atoms with E-state index in [1.165, 1.54) is 0 Å². The fourth-order valence-electron chi connectivity index (χ4n) is 2.16. The molecule has 5 heteroatoms. The summed E-state index contributed by atoms with van der Waals surface area (Å²) in [6.07, 6.45) is 1.16. The van der Waals surface area contributed by atoms with Crippen molar-refractivity contribution in [2.75, 3.05) is 18.8 Å². The van der Waals surface area contributed by atoms with Gasteiger partial charge in [0.15, 0.2) is 0 Å². The molecule has 0 aromatic heterocycles. The molecule has 1 aromatic rings. The van der Waals surface area contributed by atoms with E-state index in [1.54, 1.807) is 12.1 Å². The van der Waals surface area contributed by atoms with Crippen LogP contribution in [0.2, 0.25) is 0 Å². The van der Waals surface area contributed by atoms with Crippen molar-refractivity contribution in [3.63, 3.8) is 0 Å². The molecule has 1 atom stereocenters. The van der Waals surface area contributed by atoms with Crippen molar-refractivity contribution in [2.45, 2.75) is 25.1 Å². The number of thioether (sulfide) groups is 1. The summed E-state index contributed by atoms with van der Waals surface area (Å²) in [5.41, 5.74) is 1.06. The smallest absolute Gasteiger partial charge is 0.273 e. The zero-order chi connectivity index (χ0) is 13.0. The van der Waals surface area contributed by atoms with Gasteiger partial charge in [0.2, 0.25) is 0 Å². The SMILES string of the molecule is C[C@H]1CCN(Cc2ccccc2[N+](=O)[O-])CCS1. The monoisotopic (exact) mass is 266 g/mol. The highest BCUT2D eigenvalue weighted by Gasteiger charge is 2.18. The molecule has 1 aliphatic heterocycles. The Hall–Kier alpha value is -1.07. The molecule has 98 valence electrons. The molecule has 0 N–H and O–H groups in total. The minimum absolute atomic E-state index is 0.238. The van der Waals surface area contributed by atoms with Crippen molar-refractivity contribution in [1.29, 1.82) is 0 Å². The van der Waals surface area contributed by atoms with Crippen LogP contribution in [0.1, 0.15) is 18.9 Å². The summed E-state index contributed by atoms with van der Waals surface area (Å²) in [5, 5.41) is 11.7. The Labute approximate surface area is 112 Å². The molecule has 1 saturated heterocycles. The molecule has 0 bridgehead atoms. The first-order valence-corrected chi connectivity index (χ1v) is 7.28. The van der Waals surface area contributed by atoms with Gasteiger partial charge in [-0.15, -0.1) is 0 Å². The van der Waals surface area contributed by atoms with Gasteiger partial charge in [-0.05, 0) is 13.0 Å². The van der Waals surface area contributed by atoms with Crippen LogP contribution in [0, 0.1) is 10.1 Å². The lowest BCUT2D eigenvalue weighted by Crippen LogP contribution is -2.26. The van der Waals surface area contributed by atoms with Gasteiger partial charge in [0.05, 0.1) is 4.92 Å². The number of nitrogens with zero attached hydrogens (tertiary/aromatic N) is 2. The molecular formula is C13H18N2O2S. The average molecular weight is 266 g/mol. The number of rotatable bonds is 3. The summed E-state index contributed by atoms with van der Waals surface area (Å²) in [4.78, 5) is 13.0. The first-order chi connectivity index (χ1) is 8.66. The van der Waals surface area contributed by atoms with E-state index in [9.17, 15) is 10.1 Å². The molecule has 1 aliphatic rings. The third-order valence-corrected chi connectivity index (χ3v) is 4.47. The van der Waals surface area contributed by atoms with Gasteiger partial charge in [0.25, 0.3) is 5.69 Å². The number of benzene rings is 1. The molecule has 0 amide bonds. The molecule has 1 heterocycles. The molecular weight excluding hydrogens is 248 g/mol. The topological polar surface area (TPSA) is 46.4 Å². The second-order valence-electron chi connectivity index (χ2n) is 4.63. The normalized spacial score (nSPS) is 21.5. The van der Waals surface area contributed by atoms with Crippen LogP contribution in [0.3, 0.4) is 0 Å². The second-order valence-corrected chi connectivity index (χ2v) is 6.18. The molecule has 1 fully saturated rings. The molecule has 0 radical (unpaired) electrons. The summed E-state index contributed by atoms with van der Waals surface area (Å²) in [6, 6.07) is 7.05. The van der Waals surface area contributed by atoms with Crippen LogP contribution >= 0.6 is 11.8 Å². The summed E-state index contributed by atoms with van der Waals surface area (Å²) in [5.74, 6) is 1.11. The summed E-state index contributed by atoms with van der Waals surface area (Å²) in [6.45, 7) is 4.98. The van der Waals surface area contributed by atoms with E-state index in [-0.39, 0.29) is 10.6 Å². The largest absolute Gasteiger partial charge is 0.298 e. The highest BCUT2D eigenvalue weighted by molar-refractivity contribution is 7.99. The fraction of sp³-hybridized carbons (Fsp3) is 0.538. The van der Waals surface area contributed by atoms with Crippen molar-refractivity contribution < 1.29 is 4.92 Å². The third-order valence-electron chi connectivity index (χ3n) is 3.24. The van der Waals surface area contributed by atoms with E-state index in [4.69, 9.17) is 0 Å². The van der Waals surface area contributed by atoms with Crippen LogP contribution in [0.5, 0.6) is 0 Å². The maximum Gasteiger partial charge on any atom is 0.273 e. The van der Waals surface area contributed by atoms with Gasteiger partial charge in [-0.2, -0.15) is 11.8 Å². The predicted molar refractivity (Wildman–Crippen MR) is 74.9 cm³/mol. The molecule has 2 rings (SSSR count). The molecule has 0 saturated carbocycles. The van der Waals surface area contributed by atoms with Gasteiger partial charge in [0.1, 0.15) is 0 Å². The highest BCUT2D eigenvalue weighted by Crippen LogP contribution is 2.23. The average Bonchev–Trinajstić information content (AvgIpc) is 2.55. The molecule has 0 unspecified atom stereocenters. The van der Waals surface area contributed by atoms with E-state index in [1.807, 2.05) is 23.9 Å². The van der Waals surface area contributed by atoms with E-state index in [0.29, 0.717) is 11.8 Å². The summed E-state index contributed by atoms with van der Waals surface area (Å²) >= 11 is 1.99. The van der Waals surface area contributed by atoms with Gasteiger partial charge >= 0.3 is 0 Å². The predicted octanol–water partition coefficient (Wildman–Crippen LogP) is 2.92. The lowest BCUT2D eigenvalue weighted by atomic mass is 10.1. The van der Waals surface area contributed by atoms with Crippen LogP contribution < -0.4 is 0 Å². The Morgan fingerprint density at radius 1 is 1.44 bits per heavy atom. The minimum atomic E-state index is -0.287. The van der Waals surface area contributed by atoms with Crippen LogP contribution in [0.15, 0.2) is 24.3 Å². The van der Waals surface area contributed by atoms with Crippen LogP contribution in [0.25, 0.3) is 0 Å². The van der Waals surface area contributed by atoms with Gasteiger partial charge < -0.3 is 0 Å². The fourth-order valence-corrected chi connectivity index (χ4v) is 3.20. The molecule has 18 heavy (non-hydrogen) atoms. The van der Waals surface area contributed by atoms with E-state index >= 15 is 0 Å². The Bertz CT molecular complexity index is 425. The number of hydrogen-bond acceptors (Lipinski definition) is 4. The van der Waals surface area contributed by atoms with Gasteiger partial charge in [-0.3, -0.25) is 15.0 Å². The van der Waals surface area contributed by atoms with Crippen LogP contribution in [-0.2, 0) is 6.54 Å². The van der Waals surface area contributed by atoms with Crippen molar-refractivity contribution in [2.24, 2.45) is 0 Å². The summed E-state index contributed by atoms with van der Waals surface area (Å²) in [7, 11) is 0. The van der Waals surface area contributed by atoms with Gasteiger partial charge in [-0.1, -0.05) is 25.1 Å². The van der Waals surface area contributed by atoms with Gasteiger partial charge in [-0.25, -0.2) is 0 Å². The quantitative estimate of drug-likeness (QED) is 0.623. The Balaban J connectivity index is 2.06. The molecule has 0 aliphatic carbocycles. The first-order valence-electron chi connectivity index (χ1n) is 6.23. The Morgan fingerprint density at radius 3 is 3.00 bits per heavy atom.